The maximum Gasteiger partial charge on any atom is 0.307 e. The third kappa shape index (κ3) is 4.25. The molecule has 0 saturated carbocycles. The van der Waals surface area contributed by atoms with Gasteiger partial charge in [0.25, 0.3) is 5.91 Å². The molecule has 13 nitrogen and oxygen atoms in total. The predicted molar refractivity (Wildman–Crippen MR) is 122 cm³/mol. The van der Waals surface area contributed by atoms with E-state index in [0.29, 0.717) is 36.4 Å². The van der Waals surface area contributed by atoms with Crippen LogP contribution < -0.4 is 11.1 Å². The number of ether oxygens (including phenoxy) is 3. The Morgan fingerprint density at radius 1 is 1.37 bits per heavy atom. The molecule has 5 N–H and O–H groups in total. The van der Waals surface area contributed by atoms with Gasteiger partial charge in [-0.3, -0.25) is 14.5 Å². The highest BCUT2D eigenvalue weighted by molar-refractivity contribution is 6.13. The Balaban J connectivity index is 1.41. The Morgan fingerprint density at radius 2 is 2.14 bits per heavy atom. The number of hydrogen-bond donors (Lipinski definition) is 4. The summed E-state index contributed by atoms with van der Waals surface area (Å²) in [7, 11) is 0. The van der Waals surface area contributed by atoms with Crippen molar-refractivity contribution in [2.24, 2.45) is 5.73 Å². The molecular weight excluding hydrogens is 460 g/mol. The van der Waals surface area contributed by atoms with Crippen molar-refractivity contribution >= 4 is 34.4 Å². The minimum absolute atomic E-state index is 0.129. The number of morpholine rings is 1. The third-order valence-electron chi connectivity index (χ3n) is 6.59. The number of rotatable bonds is 6. The van der Waals surface area contributed by atoms with Gasteiger partial charge in [0.05, 0.1) is 31.6 Å². The number of carbonyl (C=O) groups is 2. The van der Waals surface area contributed by atoms with Gasteiger partial charge in [0.1, 0.15) is 29.5 Å². The lowest BCUT2D eigenvalue weighted by Gasteiger charge is -2.30. The van der Waals surface area contributed by atoms with Gasteiger partial charge in [-0.1, -0.05) is 0 Å². The van der Waals surface area contributed by atoms with Gasteiger partial charge < -0.3 is 40.0 Å². The first-order valence-electron chi connectivity index (χ1n) is 11.4. The first-order valence-corrected chi connectivity index (χ1v) is 11.4. The summed E-state index contributed by atoms with van der Waals surface area (Å²) in [5.74, 6) is -0.650. The van der Waals surface area contributed by atoms with Gasteiger partial charge in [-0.2, -0.15) is 0 Å². The van der Waals surface area contributed by atoms with E-state index in [0.717, 1.165) is 13.1 Å². The lowest BCUT2D eigenvalue weighted by molar-refractivity contribution is -0.164. The zero-order valence-corrected chi connectivity index (χ0v) is 19.2. The van der Waals surface area contributed by atoms with Crippen molar-refractivity contribution in [3.05, 3.63) is 24.2 Å². The number of aromatic nitrogens is 3. The van der Waals surface area contributed by atoms with E-state index in [-0.39, 0.29) is 17.9 Å². The average molecular weight is 489 g/mol. The number of nitrogens with zero attached hydrogens (tertiary/aromatic N) is 4. The van der Waals surface area contributed by atoms with Crippen LogP contribution in [-0.2, 0) is 23.8 Å². The molecule has 5 rings (SSSR count). The molecule has 13 heteroatoms. The minimum atomic E-state index is -1.72. The number of amides is 1. The molecule has 5 heterocycles. The van der Waals surface area contributed by atoms with Crippen molar-refractivity contribution in [2.75, 3.05) is 44.8 Å². The van der Waals surface area contributed by atoms with Crippen LogP contribution in [0.1, 0.15) is 25.1 Å². The monoisotopic (exact) mass is 488 g/mol. The smallest absolute Gasteiger partial charge is 0.307 e. The Morgan fingerprint density at radius 3 is 2.89 bits per heavy atom. The quantitative estimate of drug-likeness (QED) is 0.366. The topological polar surface area (TPSA) is 174 Å². The molecule has 0 bridgehead atoms. The van der Waals surface area contributed by atoms with Crippen LogP contribution in [-0.4, -0.2) is 98.8 Å². The second-order valence-corrected chi connectivity index (χ2v) is 9.01. The molecule has 0 spiro atoms. The molecule has 1 amide bonds. The summed E-state index contributed by atoms with van der Waals surface area (Å²) in [6.45, 7) is 4.24. The van der Waals surface area contributed by atoms with Crippen molar-refractivity contribution in [2.45, 2.75) is 37.4 Å². The van der Waals surface area contributed by atoms with Crippen molar-refractivity contribution in [1.82, 2.24) is 19.4 Å². The highest BCUT2D eigenvalue weighted by Gasteiger charge is 2.56. The second-order valence-electron chi connectivity index (χ2n) is 9.01. The van der Waals surface area contributed by atoms with Gasteiger partial charge in [-0.15, -0.1) is 0 Å². The summed E-state index contributed by atoms with van der Waals surface area (Å²) in [5, 5.41) is 24.6. The molecule has 188 valence electrons. The summed E-state index contributed by atoms with van der Waals surface area (Å²) in [6, 6.07) is 0. The molecular formula is C22H28N6O7. The largest absolute Gasteiger partial charge is 0.456 e. The minimum Gasteiger partial charge on any atom is -0.456 e. The van der Waals surface area contributed by atoms with Crippen LogP contribution in [0.2, 0.25) is 0 Å². The maximum absolute atomic E-state index is 12.6. The molecule has 2 fully saturated rings. The van der Waals surface area contributed by atoms with E-state index in [9.17, 15) is 19.8 Å². The molecule has 0 aromatic carbocycles. The summed E-state index contributed by atoms with van der Waals surface area (Å²) in [5.41, 5.74) is 5.44. The van der Waals surface area contributed by atoms with E-state index in [1.807, 2.05) is 0 Å². The molecule has 3 aliphatic rings. The van der Waals surface area contributed by atoms with Crippen LogP contribution in [0.25, 0.3) is 16.7 Å². The second kappa shape index (κ2) is 9.17. The maximum atomic E-state index is 12.6. The molecule has 0 radical (unpaired) electrons. The first kappa shape index (κ1) is 23.6. The number of nitrogens with two attached hydrogens (primary N) is 1. The van der Waals surface area contributed by atoms with Crippen LogP contribution in [0, 0.1) is 0 Å². The number of anilines is 1. The summed E-state index contributed by atoms with van der Waals surface area (Å²) in [6.07, 6.45) is 1.08. The SMILES string of the molecule is CC1(O)C(OC(=O)CCN2CCOCC2)C(CO)OC1n1cc2c3c(ncnc31)NC(=O)C=C2N. The van der Waals surface area contributed by atoms with Crippen molar-refractivity contribution < 1.29 is 34.0 Å². The molecule has 0 aliphatic carbocycles. The van der Waals surface area contributed by atoms with Gasteiger partial charge in [-0.25, -0.2) is 9.97 Å². The molecule has 3 aliphatic heterocycles. The molecule has 2 saturated heterocycles. The number of hydrogen-bond acceptors (Lipinski definition) is 11. The van der Waals surface area contributed by atoms with Crippen LogP contribution in [0.4, 0.5) is 5.82 Å². The number of carbonyl (C=O) groups excluding carboxylic acids is 2. The van der Waals surface area contributed by atoms with E-state index in [2.05, 4.69) is 20.2 Å². The first-order chi connectivity index (χ1) is 16.8. The third-order valence-corrected chi connectivity index (χ3v) is 6.59. The van der Waals surface area contributed by atoms with Gasteiger partial charge in [0, 0.05) is 43.2 Å². The van der Waals surface area contributed by atoms with E-state index in [4.69, 9.17) is 19.9 Å². The van der Waals surface area contributed by atoms with E-state index < -0.39 is 42.5 Å². The fraction of sp³-hybridized carbons (Fsp3) is 0.545. The Hall–Kier alpha value is -3.10. The zero-order chi connectivity index (χ0) is 24.7. The lowest BCUT2D eigenvalue weighted by atomic mass is 9.96. The number of nitrogens with one attached hydrogen (secondary N) is 1. The van der Waals surface area contributed by atoms with Crippen molar-refractivity contribution in [3.8, 4) is 0 Å². The summed E-state index contributed by atoms with van der Waals surface area (Å²) >= 11 is 0. The predicted octanol–water partition coefficient (Wildman–Crippen LogP) is -1.04. The van der Waals surface area contributed by atoms with Gasteiger partial charge in [-0.05, 0) is 6.92 Å². The van der Waals surface area contributed by atoms with E-state index in [1.54, 1.807) is 10.8 Å². The number of aliphatic hydroxyl groups is 2. The number of aliphatic hydroxyl groups excluding tert-OH is 1. The van der Waals surface area contributed by atoms with Gasteiger partial charge in [0.2, 0.25) is 0 Å². The number of esters is 1. The van der Waals surface area contributed by atoms with Crippen LogP contribution in [0.15, 0.2) is 18.6 Å². The normalized spacial score (nSPS) is 29.1. The van der Waals surface area contributed by atoms with Crippen molar-refractivity contribution in [1.29, 1.82) is 0 Å². The highest BCUT2D eigenvalue weighted by Crippen LogP contribution is 2.43. The Kier molecular flexibility index (Phi) is 6.19. The lowest BCUT2D eigenvalue weighted by Crippen LogP contribution is -2.47. The molecule has 2 aromatic rings. The Bertz CT molecular complexity index is 1170. The van der Waals surface area contributed by atoms with Crippen LogP contribution >= 0.6 is 0 Å². The molecule has 4 unspecified atom stereocenters. The molecule has 35 heavy (non-hydrogen) atoms. The van der Waals surface area contributed by atoms with Crippen LogP contribution in [0.3, 0.4) is 0 Å². The standard InChI is InChI=1S/C22H28N6O7/c1-22(32)18(35-16(31)2-3-27-4-6-33-7-5-27)14(10-29)34-21(22)28-9-12-13(23)8-15(30)26-19-17(12)20(28)25-11-24-19/h8-9,11,14,18,21,29,32H,2-7,10,23H2,1H3,(H,24,25,26,30). The van der Waals surface area contributed by atoms with Crippen LogP contribution in [0.5, 0.6) is 0 Å². The molecule has 2 aromatic heterocycles. The summed E-state index contributed by atoms with van der Waals surface area (Å²) in [4.78, 5) is 35.2. The van der Waals surface area contributed by atoms with E-state index >= 15 is 0 Å². The van der Waals surface area contributed by atoms with E-state index in [1.165, 1.54) is 19.3 Å². The van der Waals surface area contributed by atoms with Crippen molar-refractivity contribution in [3.63, 3.8) is 0 Å². The van der Waals surface area contributed by atoms with Gasteiger partial charge in [0.15, 0.2) is 12.3 Å². The fourth-order valence-corrected chi connectivity index (χ4v) is 4.80. The zero-order valence-electron chi connectivity index (χ0n) is 19.2. The highest BCUT2D eigenvalue weighted by atomic mass is 16.6. The summed E-state index contributed by atoms with van der Waals surface area (Å²) < 4.78 is 18.5. The van der Waals surface area contributed by atoms with Gasteiger partial charge >= 0.3 is 5.97 Å². The Labute approximate surface area is 200 Å². The fourth-order valence-electron chi connectivity index (χ4n) is 4.80. The average Bonchev–Trinajstić information content (AvgIpc) is 3.29. The molecule has 4 atom stereocenters.